The highest BCUT2D eigenvalue weighted by Gasteiger charge is 2.03. The van der Waals surface area contributed by atoms with Crippen LogP contribution in [0.15, 0.2) is 60.9 Å². The summed E-state index contributed by atoms with van der Waals surface area (Å²) in [4.78, 5) is 4.20. The van der Waals surface area contributed by atoms with Crippen molar-refractivity contribution in [1.82, 2.24) is 4.98 Å². The Balaban J connectivity index is 1.87. The van der Waals surface area contributed by atoms with Crippen molar-refractivity contribution in [3.8, 4) is 5.75 Å². The van der Waals surface area contributed by atoms with E-state index in [4.69, 9.17) is 4.74 Å². The molecule has 1 aromatic heterocycles. The summed E-state index contributed by atoms with van der Waals surface area (Å²) in [6.45, 7) is 0.720. The van der Waals surface area contributed by atoms with Crippen molar-refractivity contribution >= 4 is 16.5 Å². The number of aromatic nitrogens is 1. The smallest absolute Gasteiger partial charge is 0.123 e. The maximum Gasteiger partial charge on any atom is 0.123 e. The minimum atomic E-state index is 0.720. The molecule has 0 unspecified atom stereocenters. The van der Waals surface area contributed by atoms with Gasteiger partial charge in [-0.1, -0.05) is 30.3 Å². The van der Waals surface area contributed by atoms with Crippen molar-refractivity contribution in [3.05, 3.63) is 66.5 Å². The summed E-state index contributed by atoms with van der Waals surface area (Å²) in [7, 11) is 1.70. The van der Waals surface area contributed by atoms with Crippen LogP contribution in [-0.2, 0) is 6.54 Å². The van der Waals surface area contributed by atoms with E-state index in [1.165, 1.54) is 5.39 Å². The number of ether oxygens (including phenoxy) is 1. The number of nitrogens with zero attached hydrogens (tertiary/aromatic N) is 1. The molecule has 2 aromatic carbocycles. The first-order valence-electron chi connectivity index (χ1n) is 6.57. The quantitative estimate of drug-likeness (QED) is 0.777. The van der Waals surface area contributed by atoms with Crippen LogP contribution in [0.25, 0.3) is 10.8 Å². The van der Waals surface area contributed by atoms with Crippen molar-refractivity contribution in [1.29, 1.82) is 0 Å². The van der Waals surface area contributed by atoms with E-state index in [0.29, 0.717) is 0 Å². The van der Waals surface area contributed by atoms with E-state index in [9.17, 15) is 0 Å². The molecule has 0 aliphatic carbocycles. The van der Waals surface area contributed by atoms with Gasteiger partial charge in [0.2, 0.25) is 0 Å². The predicted molar refractivity (Wildman–Crippen MR) is 82.1 cm³/mol. The van der Waals surface area contributed by atoms with Gasteiger partial charge in [-0.05, 0) is 23.6 Å². The molecular weight excluding hydrogens is 248 g/mol. The molecule has 0 amide bonds. The van der Waals surface area contributed by atoms with E-state index in [1.54, 1.807) is 7.11 Å². The lowest BCUT2D eigenvalue weighted by Crippen LogP contribution is -2.02. The molecule has 20 heavy (non-hydrogen) atoms. The third-order valence-corrected chi connectivity index (χ3v) is 3.35. The highest BCUT2D eigenvalue weighted by Crippen LogP contribution is 2.24. The normalized spacial score (nSPS) is 10.4. The number of hydrogen-bond acceptors (Lipinski definition) is 3. The molecule has 0 aliphatic heterocycles. The van der Waals surface area contributed by atoms with Crippen LogP contribution in [0.2, 0.25) is 0 Å². The van der Waals surface area contributed by atoms with Crippen molar-refractivity contribution in [3.63, 3.8) is 0 Å². The van der Waals surface area contributed by atoms with E-state index in [-0.39, 0.29) is 0 Å². The van der Waals surface area contributed by atoms with Gasteiger partial charge in [-0.25, -0.2) is 0 Å². The van der Waals surface area contributed by atoms with Gasteiger partial charge in [-0.15, -0.1) is 0 Å². The van der Waals surface area contributed by atoms with E-state index in [2.05, 4.69) is 28.5 Å². The Hall–Kier alpha value is -2.55. The predicted octanol–water partition coefficient (Wildman–Crippen LogP) is 3.86. The van der Waals surface area contributed by atoms with Crippen LogP contribution < -0.4 is 10.1 Å². The minimum absolute atomic E-state index is 0.720. The molecule has 0 bridgehead atoms. The highest BCUT2D eigenvalue weighted by atomic mass is 16.5. The van der Waals surface area contributed by atoms with Crippen molar-refractivity contribution < 1.29 is 4.74 Å². The molecule has 0 saturated heterocycles. The fourth-order valence-electron chi connectivity index (χ4n) is 2.31. The maximum absolute atomic E-state index is 5.37. The Morgan fingerprint density at radius 3 is 2.85 bits per heavy atom. The number of anilines is 1. The van der Waals surface area contributed by atoms with Crippen LogP contribution in [0, 0.1) is 0 Å². The summed E-state index contributed by atoms with van der Waals surface area (Å²) in [6, 6.07) is 16.3. The average molecular weight is 264 g/mol. The molecule has 3 heteroatoms. The lowest BCUT2D eigenvalue weighted by molar-refractivity contribution is 0.410. The third-order valence-electron chi connectivity index (χ3n) is 3.35. The molecule has 0 radical (unpaired) electrons. The Kier molecular flexibility index (Phi) is 3.50. The first-order chi connectivity index (χ1) is 9.88. The molecular formula is C17H16N2O. The van der Waals surface area contributed by atoms with Crippen LogP contribution in [0.1, 0.15) is 5.56 Å². The standard InChI is InChI=1S/C17H16N2O/c1-20-17-8-3-2-5-14(17)11-19-16-7-4-6-13-9-10-18-12-15(13)16/h2-10,12,19H,11H2,1H3. The van der Waals surface area contributed by atoms with E-state index < -0.39 is 0 Å². The van der Waals surface area contributed by atoms with Gasteiger partial charge in [0.05, 0.1) is 7.11 Å². The van der Waals surface area contributed by atoms with Gasteiger partial charge in [-0.2, -0.15) is 0 Å². The molecule has 3 aromatic rings. The fraction of sp³-hybridized carbons (Fsp3) is 0.118. The number of rotatable bonds is 4. The van der Waals surface area contributed by atoms with Gasteiger partial charge in [-0.3, -0.25) is 4.98 Å². The zero-order valence-electron chi connectivity index (χ0n) is 11.3. The molecule has 1 N–H and O–H groups in total. The monoisotopic (exact) mass is 264 g/mol. The Labute approximate surface area is 118 Å². The zero-order chi connectivity index (χ0) is 13.8. The molecule has 3 nitrogen and oxygen atoms in total. The topological polar surface area (TPSA) is 34.1 Å². The molecule has 0 spiro atoms. The van der Waals surface area contributed by atoms with Gasteiger partial charge in [0.25, 0.3) is 0 Å². The molecule has 1 heterocycles. The molecule has 100 valence electrons. The summed E-state index contributed by atoms with van der Waals surface area (Å²) in [6.07, 6.45) is 3.70. The van der Waals surface area contributed by atoms with Gasteiger partial charge in [0.15, 0.2) is 0 Å². The van der Waals surface area contributed by atoms with Gasteiger partial charge in [0, 0.05) is 35.6 Å². The molecule has 0 aliphatic rings. The number of benzene rings is 2. The number of nitrogens with one attached hydrogen (secondary N) is 1. The van der Waals surface area contributed by atoms with Crippen molar-refractivity contribution in [2.24, 2.45) is 0 Å². The lowest BCUT2D eigenvalue weighted by atomic mass is 10.1. The molecule has 0 saturated carbocycles. The molecule has 0 atom stereocenters. The second-order valence-electron chi connectivity index (χ2n) is 4.57. The van der Waals surface area contributed by atoms with Gasteiger partial charge in [0.1, 0.15) is 5.75 Å². The summed E-state index contributed by atoms with van der Waals surface area (Å²) in [5, 5.41) is 5.77. The van der Waals surface area contributed by atoms with E-state index >= 15 is 0 Å². The number of fused-ring (bicyclic) bond motifs is 1. The Morgan fingerprint density at radius 2 is 1.95 bits per heavy atom. The number of para-hydroxylation sites is 1. The highest BCUT2D eigenvalue weighted by molar-refractivity contribution is 5.93. The maximum atomic E-state index is 5.37. The second-order valence-corrected chi connectivity index (χ2v) is 4.57. The van der Waals surface area contributed by atoms with Crippen LogP contribution in [-0.4, -0.2) is 12.1 Å². The Bertz CT molecular complexity index is 720. The third kappa shape index (κ3) is 2.43. The first kappa shape index (κ1) is 12.5. The zero-order valence-corrected chi connectivity index (χ0v) is 11.3. The van der Waals surface area contributed by atoms with E-state index in [0.717, 1.165) is 28.9 Å². The van der Waals surface area contributed by atoms with Crippen molar-refractivity contribution in [2.45, 2.75) is 6.54 Å². The number of hydrogen-bond donors (Lipinski definition) is 1. The van der Waals surface area contributed by atoms with Crippen LogP contribution in [0.3, 0.4) is 0 Å². The van der Waals surface area contributed by atoms with E-state index in [1.807, 2.05) is 42.7 Å². The molecule has 0 fully saturated rings. The summed E-state index contributed by atoms with van der Waals surface area (Å²) >= 11 is 0. The number of pyridine rings is 1. The minimum Gasteiger partial charge on any atom is -0.496 e. The average Bonchev–Trinajstić information content (AvgIpc) is 2.53. The SMILES string of the molecule is COc1ccccc1CNc1cccc2ccncc12. The van der Waals surface area contributed by atoms with Crippen LogP contribution >= 0.6 is 0 Å². The van der Waals surface area contributed by atoms with Crippen molar-refractivity contribution in [2.75, 3.05) is 12.4 Å². The fourth-order valence-corrected chi connectivity index (χ4v) is 2.31. The summed E-state index contributed by atoms with van der Waals surface area (Å²) < 4.78 is 5.37. The number of methoxy groups -OCH3 is 1. The first-order valence-corrected chi connectivity index (χ1v) is 6.57. The van der Waals surface area contributed by atoms with Crippen LogP contribution in [0.5, 0.6) is 5.75 Å². The lowest BCUT2D eigenvalue weighted by Gasteiger charge is -2.12. The molecule has 3 rings (SSSR count). The second kappa shape index (κ2) is 5.61. The largest absolute Gasteiger partial charge is 0.496 e. The van der Waals surface area contributed by atoms with Gasteiger partial charge < -0.3 is 10.1 Å². The van der Waals surface area contributed by atoms with Gasteiger partial charge >= 0.3 is 0 Å². The van der Waals surface area contributed by atoms with Crippen LogP contribution in [0.4, 0.5) is 5.69 Å². The Morgan fingerprint density at radius 1 is 1.05 bits per heavy atom. The summed E-state index contributed by atoms with van der Waals surface area (Å²) in [5.41, 5.74) is 2.22. The summed E-state index contributed by atoms with van der Waals surface area (Å²) in [5.74, 6) is 0.901.